The maximum absolute atomic E-state index is 12.7. The van der Waals surface area contributed by atoms with Crippen molar-refractivity contribution in [3.05, 3.63) is 35.2 Å². The molecule has 0 aliphatic rings. The van der Waals surface area contributed by atoms with Crippen LogP contribution in [0.1, 0.15) is 18.4 Å². The third-order valence-electron chi connectivity index (χ3n) is 2.99. The van der Waals surface area contributed by atoms with Crippen molar-refractivity contribution in [3.8, 4) is 11.3 Å². The Morgan fingerprint density at radius 3 is 2.87 bits per heavy atom. The molecule has 0 spiro atoms. The van der Waals surface area contributed by atoms with Crippen LogP contribution in [0.15, 0.2) is 29.6 Å². The molecular weight excluding hydrogens is 329 g/mol. The molecule has 2 rings (SSSR count). The number of halogens is 3. The van der Waals surface area contributed by atoms with Gasteiger partial charge < -0.3 is 10.1 Å². The van der Waals surface area contributed by atoms with E-state index in [1.54, 1.807) is 18.6 Å². The number of ether oxygens (including phenoxy) is 1. The van der Waals surface area contributed by atoms with Crippen molar-refractivity contribution >= 4 is 22.4 Å². The molecule has 124 valence electrons. The number of methoxy groups -OCH3 is 1. The van der Waals surface area contributed by atoms with Gasteiger partial charge in [0, 0.05) is 31.1 Å². The third kappa shape index (κ3) is 5.04. The smallest absolute Gasteiger partial charge is 0.385 e. The van der Waals surface area contributed by atoms with E-state index in [-0.39, 0.29) is 5.91 Å². The molecule has 1 amide bonds. The van der Waals surface area contributed by atoms with Gasteiger partial charge in [0.2, 0.25) is 5.91 Å². The van der Waals surface area contributed by atoms with E-state index in [9.17, 15) is 18.0 Å². The van der Waals surface area contributed by atoms with Crippen molar-refractivity contribution in [1.29, 1.82) is 0 Å². The van der Waals surface area contributed by atoms with Crippen LogP contribution in [0.3, 0.4) is 0 Å². The van der Waals surface area contributed by atoms with Crippen molar-refractivity contribution in [3.63, 3.8) is 0 Å². The summed E-state index contributed by atoms with van der Waals surface area (Å²) in [5.74, 6) is -0.202. The summed E-state index contributed by atoms with van der Waals surface area (Å²) < 4.78 is 43.0. The molecule has 2 aromatic rings. The van der Waals surface area contributed by atoms with E-state index >= 15 is 0 Å². The molecule has 23 heavy (non-hydrogen) atoms. The number of carbonyl (C=O) groups is 1. The molecule has 0 aliphatic carbocycles. The Labute approximate surface area is 135 Å². The molecule has 0 saturated carbocycles. The van der Waals surface area contributed by atoms with Crippen LogP contribution in [0, 0.1) is 0 Å². The second-order valence-electron chi connectivity index (χ2n) is 4.76. The summed E-state index contributed by atoms with van der Waals surface area (Å²) in [5.41, 5.74) is 0.0254. The van der Waals surface area contributed by atoms with Gasteiger partial charge in [0.25, 0.3) is 0 Å². The van der Waals surface area contributed by atoms with Crippen LogP contribution >= 0.6 is 11.3 Å². The number of nitrogens with one attached hydrogen (secondary N) is 1. The lowest BCUT2D eigenvalue weighted by atomic mass is 10.1. The van der Waals surface area contributed by atoms with Crippen LogP contribution in [0.2, 0.25) is 0 Å². The zero-order valence-corrected chi connectivity index (χ0v) is 13.1. The maximum atomic E-state index is 12.7. The number of nitrogens with zero attached hydrogens (tertiary/aromatic N) is 1. The summed E-state index contributed by atoms with van der Waals surface area (Å²) in [7, 11) is 1.56. The van der Waals surface area contributed by atoms with Crippen LogP contribution in [-0.4, -0.2) is 24.6 Å². The van der Waals surface area contributed by atoms with E-state index in [1.165, 1.54) is 17.4 Å². The summed E-state index contributed by atoms with van der Waals surface area (Å²) in [4.78, 5) is 15.8. The summed E-state index contributed by atoms with van der Waals surface area (Å²) in [6, 6.07) is 4.93. The molecule has 0 fully saturated rings. The summed E-state index contributed by atoms with van der Waals surface area (Å²) in [6.07, 6.45) is -3.51. The van der Waals surface area contributed by atoms with Crippen LogP contribution in [-0.2, 0) is 15.7 Å². The molecule has 1 heterocycles. The van der Waals surface area contributed by atoms with E-state index in [1.807, 2.05) is 0 Å². The number of aromatic nitrogens is 1. The van der Waals surface area contributed by atoms with E-state index in [2.05, 4.69) is 10.3 Å². The van der Waals surface area contributed by atoms with Crippen LogP contribution in [0.4, 0.5) is 18.3 Å². The highest BCUT2D eigenvalue weighted by molar-refractivity contribution is 7.14. The van der Waals surface area contributed by atoms with Gasteiger partial charge in [-0.1, -0.05) is 12.1 Å². The Morgan fingerprint density at radius 1 is 1.39 bits per heavy atom. The number of rotatable bonds is 6. The molecule has 0 unspecified atom stereocenters. The average molecular weight is 344 g/mol. The number of amides is 1. The van der Waals surface area contributed by atoms with Gasteiger partial charge in [-0.2, -0.15) is 13.2 Å². The SMILES string of the molecule is COCCCC(=O)Nc1nc(-c2cccc(C(F)(F)F)c2)cs1. The highest BCUT2D eigenvalue weighted by atomic mass is 32.1. The monoisotopic (exact) mass is 344 g/mol. The lowest BCUT2D eigenvalue weighted by molar-refractivity contribution is -0.137. The predicted molar refractivity (Wildman–Crippen MR) is 82.3 cm³/mol. The number of hydrogen-bond donors (Lipinski definition) is 1. The topological polar surface area (TPSA) is 51.2 Å². The fraction of sp³-hybridized carbons (Fsp3) is 0.333. The summed E-state index contributed by atoms with van der Waals surface area (Å²) >= 11 is 1.17. The minimum absolute atomic E-state index is 0.202. The Morgan fingerprint density at radius 2 is 2.17 bits per heavy atom. The highest BCUT2D eigenvalue weighted by Crippen LogP contribution is 2.33. The standard InChI is InChI=1S/C15H15F3N2O2S/c1-22-7-3-6-13(21)20-14-19-12(9-23-14)10-4-2-5-11(8-10)15(16,17)18/h2,4-5,8-9H,3,6-7H2,1H3,(H,19,20,21). The summed E-state index contributed by atoms with van der Waals surface area (Å²) in [5, 5.41) is 4.60. The van der Waals surface area contributed by atoms with E-state index in [0.29, 0.717) is 35.8 Å². The molecule has 0 radical (unpaired) electrons. The highest BCUT2D eigenvalue weighted by Gasteiger charge is 2.30. The quantitative estimate of drug-likeness (QED) is 0.799. The molecule has 0 bridgehead atoms. The molecule has 0 aliphatic heterocycles. The first-order valence-electron chi connectivity index (χ1n) is 6.82. The Bertz CT molecular complexity index is 671. The molecule has 8 heteroatoms. The minimum Gasteiger partial charge on any atom is -0.385 e. The number of carbonyl (C=O) groups excluding carboxylic acids is 1. The average Bonchev–Trinajstić information content (AvgIpc) is 2.95. The fourth-order valence-corrected chi connectivity index (χ4v) is 2.61. The number of alkyl halides is 3. The molecule has 1 aromatic heterocycles. The number of hydrogen-bond acceptors (Lipinski definition) is 4. The van der Waals surface area contributed by atoms with Gasteiger partial charge in [-0.3, -0.25) is 4.79 Å². The van der Waals surface area contributed by atoms with Gasteiger partial charge in [-0.05, 0) is 18.6 Å². The number of anilines is 1. The molecule has 1 N–H and O–H groups in total. The predicted octanol–water partition coefficient (Wildman–Crippen LogP) is 4.19. The zero-order valence-electron chi connectivity index (χ0n) is 12.3. The lowest BCUT2D eigenvalue weighted by Gasteiger charge is -2.07. The minimum atomic E-state index is -4.40. The summed E-state index contributed by atoms with van der Waals surface area (Å²) in [6.45, 7) is 0.487. The number of thiazole rings is 1. The van der Waals surface area contributed by atoms with Crippen molar-refractivity contribution in [2.75, 3.05) is 19.0 Å². The van der Waals surface area contributed by atoms with Crippen LogP contribution in [0.25, 0.3) is 11.3 Å². The van der Waals surface area contributed by atoms with Gasteiger partial charge >= 0.3 is 6.18 Å². The second-order valence-corrected chi connectivity index (χ2v) is 5.62. The molecule has 1 aromatic carbocycles. The molecule has 4 nitrogen and oxygen atoms in total. The Hall–Kier alpha value is -1.93. The van der Waals surface area contributed by atoms with Gasteiger partial charge in [-0.25, -0.2) is 4.98 Å². The third-order valence-corrected chi connectivity index (χ3v) is 3.75. The first-order valence-corrected chi connectivity index (χ1v) is 7.70. The van der Waals surface area contributed by atoms with E-state index < -0.39 is 11.7 Å². The van der Waals surface area contributed by atoms with Crippen LogP contribution < -0.4 is 5.32 Å². The molecular formula is C15H15F3N2O2S. The van der Waals surface area contributed by atoms with Crippen LogP contribution in [0.5, 0.6) is 0 Å². The van der Waals surface area contributed by atoms with Crippen molar-refractivity contribution < 1.29 is 22.7 Å². The Balaban J connectivity index is 2.06. The molecule has 0 saturated heterocycles. The lowest BCUT2D eigenvalue weighted by Crippen LogP contribution is -2.11. The molecule has 0 atom stereocenters. The van der Waals surface area contributed by atoms with Crippen molar-refractivity contribution in [1.82, 2.24) is 4.98 Å². The first kappa shape index (κ1) is 17.4. The maximum Gasteiger partial charge on any atom is 0.416 e. The zero-order chi connectivity index (χ0) is 16.9. The Kier molecular flexibility index (Phi) is 5.73. The van der Waals surface area contributed by atoms with Gasteiger partial charge in [0.15, 0.2) is 5.13 Å². The van der Waals surface area contributed by atoms with Crippen molar-refractivity contribution in [2.24, 2.45) is 0 Å². The first-order chi connectivity index (χ1) is 10.9. The van der Waals surface area contributed by atoms with Gasteiger partial charge in [0.1, 0.15) is 0 Å². The van der Waals surface area contributed by atoms with E-state index in [0.717, 1.165) is 12.1 Å². The second kappa shape index (κ2) is 7.56. The van der Waals surface area contributed by atoms with Gasteiger partial charge in [0.05, 0.1) is 11.3 Å². The van der Waals surface area contributed by atoms with E-state index in [4.69, 9.17) is 4.74 Å². The van der Waals surface area contributed by atoms with Crippen molar-refractivity contribution in [2.45, 2.75) is 19.0 Å². The largest absolute Gasteiger partial charge is 0.416 e. The fourth-order valence-electron chi connectivity index (χ4n) is 1.88. The normalized spacial score (nSPS) is 11.5. The number of benzene rings is 1. The van der Waals surface area contributed by atoms with Gasteiger partial charge in [-0.15, -0.1) is 11.3 Å².